The lowest BCUT2D eigenvalue weighted by Crippen LogP contribution is -2.19. The van der Waals surface area contributed by atoms with Crippen molar-refractivity contribution in [1.82, 2.24) is 0 Å². The number of benzene rings is 2. The molecule has 3 aromatic rings. The molecule has 0 amide bonds. The molecule has 0 atom stereocenters. The van der Waals surface area contributed by atoms with Gasteiger partial charge >= 0.3 is 12.3 Å². The van der Waals surface area contributed by atoms with Crippen LogP contribution in [0.4, 0.5) is 24.5 Å². The lowest BCUT2D eigenvalue weighted by molar-refractivity contribution is -0.274. The first-order chi connectivity index (χ1) is 13.7. The summed E-state index contributed by atoms with van der Waals surface area (Å²) in [5.41, 5.74) is 1.12. The van der Waals surface area contributed by atoms with E-state index in [0.29, 0.717) is 26.7 Å². The summed E-state index contributed by atoms with van der Waals surface area (Å²) in [6, 6.07) is 10.4. The molecule has 0 radical (unpaired) electrons. The van der Waals surface area contributed by atoms with E-state index in [1.54, 1.807) is 18.2 Å². The fraction of sp³-hybridized carbons (Fsp3) is 0.111. The molecule has 0 aliphatic rings. The van der Waals surface area contributed by atoms with Crippen LogP contribution in [0.3, 0.4) is 0 Å². The molecule has 0 aliphatic heterocycles. The number of carbonyl (C=O) groups excluding carboxylic acids is 1. The molecule has 0 spiro atoms. The fourth-order valence-electron chi connectivity index (χ4n) is 2.40. The number of fused-ring (bicyclic) bond motifs is 1. The zero-order valence-electron chi connectivity index (χ0n) is 14.6. The van der Waals surface area contributed by atoms with Crippen molar-refractivity contribution < 1.29 is 27.4 Å². The highest BCUT2D eigenvalue weighted by molar-refractivity contribution is 7.80. The van der Waals surface area contributed by atoms with Gasteiger partial charge in [0.15, 0.2) is 5.11 Å². The van der Waals surface area contributed by atoms with Crippen molar-refractivity contribution in [2.24, 2.45) is 0 Å². The molecule has 0 fully saturated rings. The zero-order valence-corrected chi connectivity index (χ0v) is 17.0. The third-order valence-electron chi connectivity index (χ3n) is 3.60. The summed E-state index contributed by atoms with van der Waals surface area (Å²) in [5, 5.41) is 7.08. The maximum Gasteiger partial charge on any atom is 0.573 e. The maximum atomic E-state index is 12.2. The molecule has 1 heterocycles. The van der Waals surface area contributed by atoms with E-state index in [1.165, 1.54) is 42.7 Å². The van der Waals surface area contributed by atoms with Gasteiger partial charge in [0, 0.05) is 21.5 Å². The molecule has 11 heteroatoms. The molecule has 3 rings (SSSR count). The molecule has 152 valence electrons. The van der Waals surface area contributed by atoms with Crippen molar-refractivity contribution in [2.75, 3.05) is 17.7 Å². The van der Waals surface area contributed by atoms with E-state index in [0.717, 1.165) is 4.70 Å². The Balaban J connectivity index is 1.69. The molecule has 0 aliphatic carbocycles. The SMILES string of the molecule is COC(=O)c1sc2cc(NC(=S)Nc3ccc(OC(F)(F)F)cc3)ccc2c1Cl. The normalized spacial score (nSPS) is 11.2. The molecule has 0 unspecified atom stereocenters. The monoisotopic (exact) mass is 460 g/mol. The lowest BCUT2D eigenvalue weighted by Gasteiger charge is -2.12. The smallest absolute Gasteiger partial charge is 0.465 e. The summed E-state index contributed by atoms with van der Waals surface area (Å²) < 4.78 is 45.9. The lowest BCUT2D eigenvalue weighted by atomic mass is 10.2. The standard InChI is InChI=1S/C18H12ClF3N2O3S2/c1-26-16(25)15-14(19)12-7-4-10(8-13(12)29-15)24-17(28)23-9-2-5-11(6-3-9)27-18(20,21)22/h2-8H,1H3,(H2,23,24,28). The number of methoxy groups -OCH3 is 1. The van der Waals surface area contributed by atoms with Gasteiger partial charge in [0.2, 0.25) is 0 Å². The Morgan fingerprint density at radius 1 is 1.10 bits per heavy atom. The highest BCUT2D eigenvalue weighted by Gasteiger charge is 2.30. The van der Waals surface area contributed by atoms with E-state index in [2.05, 4.69) is 15.4 Å². The second-order valence-electron chi connectivity index (χ2n) is 5.60. The predicted molar refractivity (Wildman–Crippen MR) is 111 cm³/mol. The number of thiocarbonyl (C=S) groups is 1. The Bertz CT molecular complexity index is 1070. The average Bonchev–Trinajstić information content (AvgIpc) is 2.97. The van der Waals surface area contributed by atoms with Crippen molar-refractivity contribution >= 4 is 67.7 Å². The number of nitrogens with one attached hydrogen (secondary N) is 2. The molecule has 0 bridgehead atoms. The molecule has 29 heavy (non-hydrogen) atoms. The van der Waals surface area contributed by atoms with Crippen molar-refractivity contribution in [3.05, 3.63) is 52.4 Å². The van der Waals surface area contributed by atoms with Gasteiger partial charge < -0.3 is 20.1 Å². The number of rotatable bonds is 4. The van der Waals surface area contributed by atoms with Gasteiger partial charge in [-0.05, 0) is 54.7 Å². The quantitative estimate of drug-likeness (QED) is 0.365. The first-order valence-corrected chi connectivity index (χ1v) is 9.51. The van der Waals surface area contributed by atoms with Crippen molar-refractivity contribution in [3.63, 3.8) is 0 Å². The molecule has 2 aromatic carbocycles. The van der Waals surface area contributed by atoms with Crippen LogP contribution in [0, 0.1) is 0 Å². The predicted octanol–water partition coefficient (Wildman–Crippen LogP) is 6.05. The summed E-state index contributed by atoms with van der Waals surface area (Å²) >= 11 is 12.6. The van der Waals surface area contributed by atoms with Crippen molar-refractivity contribution in [3.8, 4) is 5.75 Å². The number of thiophene rings is 1. The van der Waals surface area contributed by atoms with Crippen LogP contribution in [0.2, 0.25) is 5.02 Å². The highest BCUT2D eigenvalue weighted by Crippen LogP contribution is 2.37. The number of alkyl halides is 3. The number of hydrogen-bond donors (Lipinski definition) is 2. The molecule has 2 N–H and O–H groups in total. The molecular formula is C18H12ClF3N2O3S2. The van der Waals surface area contributed by atoms with E-state index in [9.17, 15) is 18.0 Å². The van der Waals surface area contributed by atoms with Gasteiger partial charge in [-0.3, -0.25) is 0 Å². The first-order valence-electron chi connectivity index (χ1n) is 7.90. The van der Waals surface area contributed by atoms with Gasteiger partial charge in [-0.1, -0.05) is 11.6 Å². The number of esters is 1. The summed E-state index contributed by atoms with van der Waals surface area (Å²) in [6.07, 6.45) is -4.75. The average molecular weight is 461 g/mol. The number of hydrogen-bond acceptors (Lipinski definition) is 5. The Morgan fingerprint density at radius 2 is 1.72 bits per heavy atom. The van der Waals surface area contributed by atoms with Gasteiger partial charge in [-0.15, -0.1) is 24.5 Å². The van der Waals surface area contributed by atoms with Crippen LogP contribution in [0.1, 0.15) is 9.67 Å². The number of anilines is 2. The Hall–Kier alpha value is -2.56. The van der Waals surface area contributed by atoms with Crippen LogP contribution >= 0.6 is 35.2 Å². The van der Waals surface area contributed by atoms with E-state index in [1.807, 2.05) is 0 Å². The summed E-state index contributed by atoms with van der Waals surface area (Å²) in [5.74, 6) is -0.843. The molecule has 0 saturated carbocycles. The molecular weight excluding hydrogens is 449 g/mol. The Kier molecular flexibility index (Phi) is 6.15. The minimum absolute atomic E-state index is 0.227. The first kappa shape index (κ1) is 21.2. The van der Waals surface area contributed by atoms with E-state index >= 15 is 0 Å². The fourth-order valence-corrected chi connectivity index (χ4v) is 4.10. The van der Waals surface area contributed by atoms with E-state index < -0.39 is 12.3 Å². The Labute approximate surface area is 177 Å². The third-order valence-corrected chi connectivity index (χ3v) is 5.45. The number of carbonyl (C=O) groups is 1. The third kappa shape index (κ3) is 5.28. The second kappa shape index (κ2) is 8.44. The van der Waals surface area contributed by atoms with Crippen LogP contribution in [-0.4, -0.2) is 24.6 Å². The summed E-state index contributed by atoms with van der Waals surface area (Å²) in [4.78, 5) is 12.1. The molecule has 5 nitrogen and oxygen atoms in total. The van der Waals surface area contributed by atoms with Crippen LogP contribution in [0.25, 0.3) is 10.1 Å². The van der Waals surface area contributed by atoms with Crippen LogP contribution in [0.5, 0.6) is 5.75 Å². The van der Waals surface area contributed by atoms with E-state index in [4.69, 9.17) is 28.6 Å². The minimum atomic E-state index is -4.75. The minimum Gasteiger partial charge on any atom is -0.465 e. The van der Waals surface area contributed by atoms with Crippen LogP contribution in [0.15, 0.2) is 42.5 Å². The largest absolute Gasteiger partial charge is 0.573 e. The van der Waals surface area contributed by atoms with Crippen LogP contribution < -0.4 is 15.4 Å². The topological polar surface area (TPSA) is 59.6 Å². The van der Waals surface area contributed by atoms with Crippen LogP contribution in [-0.2, 0) is 4.74 Å². The zero-order chi connectivity index (χ0) is 21.2. The summed E-state index contributed by atoms with van der Waals surface area (Å²) in [6.45, 7) is 0. The van der Waals surface area contributed by atoms with Crippen molar-refractivity contribution in [2.45, 2.75) is 6.36 Å². The summed E-state index contributed by atoms with van der Waals surface area (Å²) in [7, 11) is 1.28. The highest BCUT2D eigenvalue weighted by atomic mass is 35.5. The van der Waals surface area contributed by atoms with Gasteiger partial charge in [0.1, 0.15) is 10.6 Å². The van der Waals surface area contributed by atoms with Gasteiger partial charge in [-0.2, -0.15) is 0 Å². The van der Waals surface area contributed by atoms with Gasteiger partial charge in [-0.25, -0.2) is 4.79 Å². The molecule has 0 saturated heterocycles. The van der Waals surface area contributed by atoms with E-state index in [-0.39, 0.29) is 10.9 Å². The Morgan fingerprint density at radius 3 is 2.34 bits per heavy atom. The molecule has 1 aromatic heterocycles. The number of ether oxygens (including phenoxy) is 2. The second-order valence-corrected chi connectivity index (χ2v) is 7.44. The van der Waals surface area contributed by atoms with Gasteiger partial charge in [0.05, 0.1) is 12.1 Å². The maximum absolute atomic E-state index is 12.2. The van der Waals surface area contributed by atoms with Crippen molar-refractivity contribution in [1.29, 1.82) is 0 Å². The van der Waals surface area contributed by atoms with Gasteiger partial charge in [0.25, 0.3) is 0 Å². The number of halogens is 4.